The van der Waals surface area contributed by atoms with Crippen molar-refractivity contribution in [1.29, 1.82) is 0 Å². The first-order valence-corrected chi connectivity index (χ1v) is 11.4. The number of rotatable bonds is 4. The van der Waals surface area contributed by atoms with Crippen LogP contribution in [0.4, 0.5) is 5.82 Å². The van der Waals surface area contributed by atoms with E-state index < -0.39 is 22.3 Å². The number of thiophene rings is 1. The fraction of sp³-hybridized carbons (Fsp3) is 0.450. The summed E-state index contributed by atoms with van der Waals surface area (Å²) >= 11 is 3.00. The van der Waals surface area contributed by atoms with Crippen LogP contribution in [0.2, 0.25) is 0 Å². The fourth-order valence-electron chi connectivity index (χ4n) is 3.85. The van der Waals surface area contributed by atoms with Crippen molar-refractivity contribution in [2.75, 3.05) is 5.73 Å². The van der Waals surface area contributed by atoms with Gasteiger partial charge in [0.15, 0.2) is 5.78 Å². The lowest BCUT2D eigenvalue weighted by Gasteiger charge is -2.18. The molecule has 1 aliphatic rings. The second-order valence-electron chi connectivity index (χ2n) is 7.80. The number of ketones is 1. The number of carbonyl (C=O) groups is 1. The molecule has 0 saturated heterocycles. The summed E-state index contributed by atoms with van der Waals surface area (Å²) in [6.45, 7) is 3.99. The minimum Gasteiger partial charge on any atom is -0.384 e. The SMILES string of the molecule is C[C@H]1CCc2c(sc3ncnc(S[C@@H](C)C(=O)c4c(N)n(C)c(=O)n(C)c4=O)c23)C1. The van der Waals surface area contributed by atoms with Gasteiger partial charge in [-0.2, -0.15) is 0 Å². The number of nitrogen functional groups attached to an aromatic ring is 1. The van der Waals surface area contributed by atoms with Crippen LogP contribution in [0.25, 0.3) is 10.2 Å². The Hall–Kier alpha value is -2.46. The third kappa shape index (κ3) is 3.27. The lowest BCUT2D eigenvalue weighted by atomic mass is 9.89. The largest absolute Gasteiger partial charge is 0.384 e. The van der Waals surface area contributed by atoms with Crippen LogP contribution in [-0.4, -0.2) is 30.1 Å². The van der Waals surface area contributed by atoms with Gasteiger partial charge in [0, 0.05) is 24.4 Å². The van der Waals surface area contributed by atoms with Crippen LogP contribution in [0.5, 0.6) is 0 Å². The molecule has 2 atom stereocenters. The Morgan fingerprint density at radius 2 is 2.03 bits per heavy atom. The average Bonchev–Trinajstić information content (AvgIpc) is 3.09. The van der Waals surface area contributed by atoms with Gasteiger partial charge in [-0.25, -0.2) is 14.8 Å². The highest BCUT2D eigenvalue weighted by Crippen LogP contribution is 2.41. The highest BCUT2D eigenvalue weighted by atomic mass is 32.2. The van der Waals surface area contributed by atoms with Gasteiger partial charge in [0.1, 0.15) is 27.6 Å². The minimum atomic E-state index is -0.678. The zero-order valence-electron chi connectivity index (χ0n) is 17.3. The quantitative estimate of drug-likeness (QED) is 0.372. The van der Waals surface area contributed by atoms with Crippen LogP contribution in [0, 0.1) is 5.92 Å². The summed E-state index contributed by atoms with van der Waals surface area (Å²) in [7, 11) is 2.78. The molecule has 30 heavy (non-hydrogen) atoms. The van der Waals surface area contributed by atoms with Crippen LogP contribution in [0.1, 0.15) is 41.1 Å². The highest BCUT2D eigenvalue weighted by molar-refractivity contribution is 8.00. The summed E-state index contributed by atoms with van der Waals surface area (Å²) in [6.07, 6.45) is 4.66. The number of thioether (sulfide) groups is 1. The first-order chi connectivity index (χ1) is 14.2. The number of carbonyl (C=O) groups excluding carboxylic acids is 1. The topological polar surface area (TPSA) is 113 Å². The number of aryl methyl sites for hydroxylation is 1. The molecular weight excluding hydrogens is 422 g/mol. The molecule has 8 nitrogen and oxygen atoms in total. The van der Waals surface area contributed by atoms with Crippen molar-refractivity contribution in [3.05, 3.63) is 43.2 Å². The van der Waals surface area contributed by atoms with E-state index in [1.54, 1.807) is 18.3 Å². The van der Waals surface area contributed by atoms with Crippen LogP contribution >= 0.6 is 23.1 Å². The Morgan fingerprint density at radius 3 is 2.77 bits per heavy atom. The van der Waals surface area contributed by atoms with E-state index in [2.05, 4.69) is 16.9 Å². The van der Waals surface area contributed by atoms with Crippen LogP contribution in [-0.2, 0) is 26.9 Å². The van der Waals surface area contributed by atoms with Crippen molar-refractivity contribution >= 4 is 44.9 Å². The normalized spacial score (nSPS) is 17.1. The van der Waals surface area contributed by atoms with Gasteiger partial charge < -0.3 is 5.73 Å². The molecule has 0 saturated carbocycles. The Labute approximate surface area is 181 Å². The average molecular weight is 446 g/mol. The predicted octanol–water partition coefficient (Wildman–Crippen LogP) is 2.16. The second kappa shape index (κ2) is 7.66. The van der Waals surface area contributed by atoms with Crippen LogP contribution in [0.3, 0.4) is 0 Å². The number of hydrogen-bond donors (Lipinski definition) is 1. The molecule has 1 aliphatic carbocycles. The summed E-state index contributed by atoms with van der Waals surface area (Å²) in [5.41, 5.74) is 5.84. The van der Waals surface area contributed by atoms with E-state index in [0.29, 0.717) is 5.92 Å². The lowest BCUT2D eigenvalue weighted by Crippen LogP contribution is -2.42. The molecule has 0 aromatic carbocycles. The second-order valence-corrected chi connectivity index (χ2v) is 10.2. The molecule has 0 fully saturated rings. The van der Waals surface area contributed by atoms with Gasteiger partial charge in [-0.15, -0.1) is 11.3 Å². The Morgan fingerprint density at radius 1 is 1.30 bits per heavy atom. The van der Waals surface area contributed by atoms with Gasteiger partial charge in [0.25, 0.3) is 5.56 Å². The summed E-state index contributed by atoms with van der Waals surface area (Å²) in [5, 5.41) is 1.16. The summed E-state index contributed by atoms with van der Waals surface area (Å²) in [5.74, 6) is 0.118. The Balaban J connectivity index is 1.73. The number of anilines is 1. The van der Waals surface area contributed by atoms with Gasteiger partial charge in [-0.05, 0) is 37.7 Å². The zero-order chi connectivity index (χ0) is 21.7. The van der Waals surface area contributed by atoms with Crippen molar-refractivity contribution < 1.29 is 4.79 Å². The Bertz CT molecular complexity index is 1290. The van der Waals surface area contributed by atoms with E-state index >= 15 is 0 Å². The van der Waals surface area contributed by atoms with Gasteiger partial charge in [0.05, 0.1) is 5.25 Å². The third-order valence-electron chi connectivity index (χ3n) is 5.67. The standard InChI is InChI=1S/C20H23N5O3S2/c1-9-5-6-11-12(7-9)30-18-13(11)17(22-8-23-18)29-10(2)15(26)14-16(21)24(3)20(28)25(4)19(14)27/h8-10H,5-7,21H2,1-4H3/t9-,10-/m0/s1. The maximum absolute atomic E-state index is 13.1. The summed E-state index contributed by atoms with van der Waals surface area (Å²) < 4.78 is 2.02. The number of nitrogens with zero attached hydrogens (tertiary/aromatic N) is 4. The maximum atomic E-state index is 13.1. The van der Waals surface area contributed by atoms with Crippen molar-refractivity contribution in [2.45, 2.75) is 43.4 Å². The molecule has 0 amide bonds. The molecule has 0 unspecified atom stereocenters. The number of nitrogens with two attached hydrogens (primary N) is 1. The molecule has 4 rings (SSSR count). The molecule has 10 heteroatoms. The Kier molecular flexibility index (Phi) is 5.31. The summed E-state index contributed by atoms with van der Waals surface area (Å²) in [4.78, 5) is 48.9. The third-order valence-corrected chi connectivity index (χ3v) is 7.93. The molecule has 3 aromatic rings. The number of fused-ring (bicyclic) bond motifs is 3. The molecule has 3 aromatic heterocycles. The number of aromatic nitrogens is 4. The fourth-order valence-corrected chi connectivity index (χ4v) is 6.27. The first kappa shape index (κ1) is 20.8. The highest BCUT2D eigenvalue weighted by Gasteiger charge is 2.28. The number of Topliss-reactive ketones (excluding diaryl/α,β-unsaturated/α-hetero) is 1. The number of hydrogen-bond acceptors (Lipinski definition) is 8. The molecule has 0 bridgehead atoms. The zero-order valence-corrected chi connectivity index (χ0v) is 18.9. The molecular formula is C20H23N5O3S2. The van der Waals surface area contributed by atoms with E-state index in [1.165, 1.54) is 42.6 Å². The molecule has 0 aliphatic heterocycles. The monoisotopic (exact) mass is 445 g/mol. The van der Waals surface area contributed by atoms with Gasteiger partial charge >= 0.3 is 5.69 Å². The van der Waals surface area contributed by atoms with Crippen molar-refractivity contribution in [3.8, 4) is 0 Å². The van der Waals surface area contributed by atoms with E-state index in [9.17, 15) is 14.4 Å². The molecule has 0 spiro atoms. The van der Waals surface area contributed by atoms with Gasteiger partial charge in [0.2, 0.25) is 0 Å². The maximum Gasteiger partial charge on any atom is 0.332 e. The van der Waals surface area contributed by atoms with Crippen molar-refractivity contribution in [3.63, 3.8) is 0 Å². The first-order valence-electron chi connectivity index (χ1n) is 9.72. The van der Waals surface area contributed by atoms with Crippen LogP contribution in [0.15, 0.2) is 20.9 Å². The van der Waals surface area contributed by atoms with E-state index in [-0.39, 0.29) is 11.4 Å². The molecule has 0 radical (unpaired) electrons. The molecule has 2 N–H and O–H groups in total. The lowest BCUT2D eigenvalue weighted by molar-refractivity contribution is 0.0992. The molecule has 3 heterocycles. The van der Waals surface area contributed by atoms with E-state index in [4.69, 9.17) is 5.73 Å². The van der Waals surface area contributed by atoms with Gasteiger partial charge in [-0.3, -0.25) is 18.7 Å². The van der Waals surface area contributed by atoms with Crippen molar-refractivity contribution in [1.82, 2.24) is 19.1 Å². The predicted molar refractivity (Wildman–Crippen MR) is 120 cm³/mol. The van der Waals surface area contributed by atoms with E-state index in [0.717, 1.165) is 43.6 Å². The van der Waals surface area contributed by atoms with Crippen molar-refractivity contribution in [2.24, 2.45) is 20.0 Å². The smallest absolute Gasteiger partial charge is 0.332 e. The van der Waals surface area contributed by atoms with Crippen LogP contribution < -0.4 is 17.0 Å². The molecule has 158 valence electrons. The minimum absolute atomic E-state index is 0.115. The van der Waals surface area contributed by atoms with E-state index in [1.807, 2.05) is 0 Å². The summed E-state index contributed by atoms with van der Waals surface area (Å²) in [6, 6.07) is 0. The van der Waals surface area contributed by atoms with Gasteiger partial charge in [-0.1, -0.05) is 18.7 Å².